The number of hydrogen-bond acceptors (Lipinski definition) is 3. The summed E-state index contributed by atoms with van der Waals surface area (Å²) in [7, 11) is 4.02. The zero-order valence-corrected chi connectivity index (χ0v) is 16.0. The second-order valence-corrected chi connectivity index (χ2v) is 6.08. The van der Waals surface area contributed by atoms with E-state index in [9.17, 15) is 4.39 Å². The molecule has 1 rings (SSSR count). The lowest BCUT2D eigenvalue weighted by Gasteiger charge is -2.23. The van der Waals surface area contributed by atoms with Crippen LogP contribution in [0, 0.1) is 5.82 Å². The van der Waals surface area contributed by atoms with E-state index in [1.54, 1.807) is 0 Å². The van der Waals surface area contributed by atoms with Crippen LogP contribution in [0.1, 0.15) is 38.3 Å². The van der Waals surface area contributed by atoms with Crippen LogP contribution in [0.15, 0.2) is 29.3 Å². The number of nitrogens with one attached hydrogen (secondary N) is 2. The molecule has 0 amide bonds. The minimum absolute atomic E-state index is 0.106. The number of benzene rings is 1. The molecule has 2 N–H and O–H groups in total. The van der Waals surface area contributed by atoms with E-state index in [4.69, 9.17) is 9.73 Å². The molecule has 0 spiro atoms. The molecule has 0 heterocycles. The fourth-order valence-corrected chi connectivity index (χ4v) is 2.45. The molecule has 6 heteroatoms. The van der Waals surface area contributed by atoms with E-state index in [0.717, 1.165) is 50.7 Å². The second kappa shape index (κ2) is 12.7. The van der Waals surface area contributed by atoms with Gasteiger partial charge in [0.25, 0.3) is 0 Å². The van der Waals surface area contributed by atoms with Crippen molar-refractivity contribution in [3.8, 4) is 0 Å². The summed E-state index contributed by atoms with van der Waals surface area (Å²) in [5.74, 6) is 0.597. The second-order valence-electron chi connectivity index (χ2n) is 6.08. The molecule has 0 aromatic heterocycles. The standard InChI is InChI=1S/C19H33FN4O/c1-5-21-19(22-13-7-8-14-25-6-2)23-15-18(24(3)4)16-9-11-17(20)12-10-16/h9-12,18H,5-8,13-15H2,1-4H3,(H2,21,22,23). The molecule has 0 bridgehead atoms. The Morgan fingerprint density at radius 3 is 2.48 bits per heavy atom. The molecule has 0 fully saturated rings. The Hall–Kier alpha value is -1.66. The highest BCUT2D eigenvalue weighted by atomic mass is 19.1. The Bertz CT molecular complexity index is 491. The van der Waals surface area contributed by atoms with Crippen LogP contribution in [0.25, 0.3) is 0 Å². The van der Waals surface area contributed by atoms with Crippen molar-refractivity contribution in [2.75, 3.05) is 46.9 Å². The number of guanidine groups is 1. The van der Waals surface area contributed by atoms with E-state index in [-0.39, 0.29) is 11.9 Å². The molecule has 0 saturated carbocycles. The summed E-state index contributed by atoms with van der Waals surface area (Å²) in [4.78, 5) is 6.80. The van der Waals surface area contributed by atoms with Gasteiger partial charge in [0.2, 0.25) is 0 Å². The van der Waals surface area contributed by atoms with Crippen LogP contribution < -0.4 is 10.6 Å². The summed E-state index contributed by atoms with van der Waals surface area (Å²) in [5.41, 5.74) is 1.06. The predicted molar refractivity (Wildman–Crippen MR) is 103 cm³/mol. The van der Waals surface area contributed by atoms with Crippen LogP contribution >= 0.6 is 0 Å². The molecule has 0 aliphatic carbocycles. The number of nitrogens with zero attached hydrogens (tertiary/aromatic N) is 2. The van der Waals surface area contributed by atoms with Gasteiger partial charge in [-0.2, -0.15) is 0 Å². The highest BCUT2D eigenvalue weighted by molar-refractivity contribution is 5.79. The predicted octanol–water partition coefficient (Wildman–Crippen LogP) is 2.80. The Morgan fingerprint density at radius 1 is 1.16 bits per heavy atom. The van der Waals surface area contributed by atoms with Crippen LogP contribution in [-0.4, -0.2) is 57.8 Å². The van der Waals surface area contributed by atoms with Crippen molar-refractivity contribution in [2.45, 2.75) is 32.7 Å². The van der Waals surface area contributed by atoms with Gasteiger partial charge in [-0.05, 0) is 58.5 Å². The minimum atomic E-state index is -0.216. The molecule has 1 aromatic rings. The number of ether oxygens (including phenoxy) is 1. The van der Waals surface area contributed by atoms with Gasteiger partial charge in [0.15, 0.2) is 5.96 Å². The Balaban J connectivity index is 2.58. The molecule has 142 valence electrons. The molecule has 0 radical (unpaired) electrons. The van der Waals surface area contributed by atoms with Gasteiger partial charge >= 0.3 is 0 Å². The number of hydrogen-bond donors (Lipinski definition) is 2. The van der Waals surface area contributed by atoms with Gasteiger partial charge in [-0.1, -0.05) is 12.1 Å². The van der Waals surface area contributed by atoms with E-state index >= 15 is 0 Å². The summed E-state index contributed by atoms with van der Waals surface area (Å²) in [5, 5.41) is 6.63. The Morgan fingerprint density at radius 2 is 1.88 bits per heavy atom. The third kappa shape index (κ3) is 8.84. The van der Waals surface area contributed by atoms with Gasteiger partial charge in [0, 0.05) is 26.3 Å². The highest BCUT2D eigenvalue weighted by Crippen LogP contribution is 2.18. The van der Waals surface area contributed by atoms with E-state index in [1.165, 1.54) is 12.1 Å². The van der Waals surface area contributed by atoms with Crippen LogP contribution in [0.3, 0.4) is 0 Å². The summed E-state index contributed by atoms with van der Waals surface area (Å²) < 4.78 is 18.5. The molecule has 1 unspecified atom stereocenters. The average Bonchev–Trinajstić information content (AvgIpc) is 2.59. The van der Waals surface area contributed by atoms with Crippen LogP contribution in [0.5, 0.6) is 0 Å². The first-order valence-electron chi connectivity index (χ1n) is 9.10. The third-order valence-corrected chi connectivity index (χ3v) is 3.86. The maximum Gasteiger partial charge on any atom is 0.191 e. The van der Waals surface area contributed by atoms with E-state index in [1.807, 2.05) is 33.2 Å². The molecular formula is C19H33FN4O. The van der Waals surface area contributed by atoms with Gasteiger partial charge in [-0.15, -0.1) is 0 Å². The van der Waals surface area contributed by atoms with E-state index < -0.39 is 0 Å². The lowest BCUT2D eigenvalue weighted by atomic mass is 10.1. The van der Waals surface area contributed by atoms with Crippen molar-refractivity contribution in [1.82, 2.24) is 15.5 Å². The molecule has 1 atom stereocenters. The van der Waals surface area contributed by atoms with Crippen LogP contribution in [0.2, 0.25) is 0 Å². The maximum atomic E-state index is 13.1. The molecule has 5 nitrogen and oxygen atoms in total. The SMILES string of the molecule is CCNC(=NCC(c1ccc(F)cc1)N(C)C)NCCCCOCC. The first kappa shape index (κ1) is 21.4. The van der Waals surface area contributed by atoms with Crippen molar-refractivity contribution in [1.29, 1.82) is 0 Å². The number of aliphatic imine (C=N–C) groups is 1. The number of likely N-dealkylation sites (N-methyl/N-ethyl adjacent to an activating group) is 1. The smallest absolute Gasteiger partial charge is 0.191 e. The quantitative estimate of drug-likeness (QED) is 0.365. The van der Waals surface area contributed by atoms with Gasteiger partial charge < -0.3 is 20.3 Å². The normalized spacial score (nSPS) is 13.1. The fraction of sp³-hybridized carbons (Fsp3) is 0.632. The monoisotopic (exact) mass is 352 g/mol. The summed E-state index contributed by atoms with van der Waals surface area (Å²) in [6.45, 7) is 7.92. The summed E-state index contributed by atoms with van der Waals surface area (Å²) in [6, 6.07) is 6.75. The van der Waals surface area contributed by atoms with E-state index in [0.29, 0.717) is 6.54 Å². The van der Waals surface area contributed by atoms with Gasteiger partial charge in [0.05, 0.1) is 12.6 Å². The van der Waals surface area contributed by atoms with Crippen molar-refractivity contribution in [3.63, 3.8) is 0 Å². The Kier molecular flexibility index (Phi) is 10.8. The first-order chi connectivity index (χ1) is 12.1. The van der Waals surface area contributed by atoms with Crippen molar-refractivity contribution in [3.05, 3.63) is 35.6 Å². The van der Waals surface area contributed by atoms with Crippen molar-refractivity contribution >= 4 is 5.96 Å². The minimum Gasteiger partial charge on any atom is -0.382 e. The number of unbranched alkanes of at least 4 members (excludes halogenated alkanes) is 1. The lowest BCUT2D eigenvalue weighted by molar-refractivity contribution is 0.143. The molecule has 25 heavy (non-hydrogen) atoms. The van der Waals surface area contributed by atoms with Crippen molar-refractivity contribution < 1.29 is 9.13 Å². The van der Waals surface area contributed by atoms with Crippen molar-refractivity contribution in [2.24, 2.45) is 4.99 Å². The number of halogens is 1. The van der Waals surface area contributed by atoms with Gasteiger partial charge in [0.1, 0.15) is 5.82 Å². The summed E-state index contributed by atoms with van der Waals surface area (Å²) in [6.07, 6.45) is 2.08. The van der Waals surface area contributed by atoms with Crippen LogP contribution in [-0.2, 0) is 4.74 Å². The van der Waals surface area contributed by atoms with Crippen LogP contribution in [0.4, 0.5) is 4.39 Å². The molecule has 0 saturated heterocycles. The molecular weight excluding hydrogens is 319 g/mol. The molecule has 0 aliphatic heterocycles. The fourth-order valence-electron chi connectivity index (χ4n) is 2.45. The maximum absolute atomic E-state index is 13.1. The molecule has 1 aromatic carbocycles. The summed E-state index contributed by atoms with van der Waals surface area (Å²) >= 11 is 0. The van der Waals surface area contributed by atoms with Gasteiger partial charge in [-0.25, -0.2) is 4.39 Å². The Labute approximate surface area is 151 Å². The van der Waals surface area contributed by atoms with Gasteiger partial charge in [-0.3, -0.25) is 4.99 Å². The number of rotatable bonds is 11. The topological polar surface area (TPSA) is 48.9 Å². The van der Waals surface area contributed by atoms with E-state index in [2.05, 4.69) is 22.5 Å². The zero-order chi connectivity index (χ0) is 18.5. The zero-order valence-electron chi connectivity index (χ0n) is 16.0. The largest absolute Gasteiger partial charge is 0.382 e. The first-order valence-corrected chi connectivity index (χ1v) is 9.10. The third-order valence-electron chi connectivity index (χ3n) is 3.86. The molecule has 0 aliphatic rings. The highest BCUT2D eigenvalue weighted by Gasteiger charge is 2.14. The lowest BCUT2D eigenvalue weighted by Crippen LogP contribution is -2.38. The average molecular weight is 352 g/mol.